The average Bonchev–Trinajstić information content (AvgIpc) is 2.54. The molecular weight excluding hydrogens is 282 g/mol. The minimum atomic E-state index is -0.477. The topological polar surface area (TPSA) is 87.4 Å². The van der Waals surface area contributed by atoms with Gasteiger partial charge in [-0.25, -0.2) is 0 Å². The number of phenolic OH excluding ortho intramolecular Hbond substituents is 1. The van der Waals surface area contributed by atoms with Crippen LogP contribution in [0.4, 0.5) is 0 Å². The van der Waals surface area contributed by atoms with E-state index in [0.29, 0.717) is 16.9 Å². The lowest BCUT2D eigenvalue weighted by Crippen LogP contribution is -2.09. The number of phenols is 1. The molecule has 5 nitrogen and oxygen atoms in total. The van der Waals surface area contributed by atoms with Gasteiger partial charge in [0.05, 0.1) is 30.7 Å². The Morgan fingerprint density at radius 3 is 2.36 bits per heavy atom. The fourth-order valence-electron chi connectivity index (χ4n) is 1.95. The fraction of sp³-hybridized carbons (Fsp3) is 0.118. The molecule has 0 amide bonds. The van der Waals surface area contributed by atoms with E-state index in [1.165, 1.54) is 43.5 Å². The number of benzene rings is 2. The van der Waals surface area contributed by atoms with Crippen LogP contribution >= 0.6 is 0 Å². The maximum absolute atomic E-state index is 12.1. The van der Waals surface area contributed by atoms with Crippen LogP contribution in [0.2, 0.25) is 0 Å². The number of rotatable bonds is 5. The molecule has 1 N–H and O–H groups in total. The molecule has 0 aliphatic heterocycles. The summed E-state index contributed by atoms with van der Waals surface area (Å²) in [6, 6.07) is 12.3. The number of ether oxygens (including phenoxy) is 1. The number of carbonyl (C=O) groups excluding carboxylic acids is 2. The molecule has 0 bridgehead atoms. The Morgan fingerprint density at radius 2 is 1.82 bits per heavy atom. The largest absolute Gasteiger partial charge is 0.507 e. The van der Waals surface area contributed by atoms with Gasteiger partial charge in [0.25, 0.3) is 0 Å². The van der Waals surface area contributed by atoms with Gasteiger partial charge in [0, 0.05) is 11.6 Å². The van der Waals surface area contributed by atoms with Crippen molar-refractivity contribution >= 4 is 11.6 Å². The number of methoxy groups -OCH3 is 1. The fourth-order valence-corrected chi connectivity index (χ4v) is 1.95. The molecule has 0 radical (unpaired) electrons. The molecule has 2 rings (SSSR count). The molecule has 22 heavy (non-hydrogen) atoms. The van der Waals surface area contributed by atoms with Gasteiger partial charge in [0.15, 0.2) is 11.6 Å². The molecule has 0 aliphatic rings. The number of carbonyl (C=O) groups is 2. The van der Waals surface area contributed by atoms with Crippen LogP contribution in [0.25, 0.3) is 0 Å². The SMILES string of the molecule is COc1ccc(C(=O)CC(=O)c2ccc(C#N)cc2)c(O)c1. The van der Waals surface area contributed by atoms with Crippen LogP contribution in [0, 0.1) is 11.3 Å². The third-order valence-electron chi connectivity index (χ3n) is 3.16. The normalized spacial score (nSPS) is 9.82. The lowest BCUT2D eigenvalue weighted by molar-refractivity contribution is 0.0893. The van der Waals surface area contributed by atoms with Gasteiger partial charge in [0.2, 0.25) is 0 Å². The molecule has 0 fully saturated rings. The van der Waals surface area contributed by atoms with E-state index in [-0.39, 0.29) is 23.5 Å². The Bertz CT molecular complexity index is 757. The van der Waals surface area contributed by atoms with Crippen molar-refractivity contribution in [2.45, 2.75) is 6.42 Å². The van der Waals surface area contributed by atoms with Crippen molar-refractivity contribution in [3.63, 3.8) is 0 Å². The highest BCUT2D eigenvalue weighted by Crippen LogP contribution is 2.25. The van der Waals surface area contributed by atoms with Crippen molar-refractivity contribution in [2.24, 2.45) is 0 Å². The van der Waals surface area contributed by atoms with Crippen LogP contribution < -0.4 is 4.74 Å². The van der Waals surface area contributed by atoms with Gasteiger partial charge in [-0.3, -0.25) is 9.59 Å². The van der Waals surface area contributed by atoms with Gasteiger partial charge < -0.3 is 9.84 Å². The molecule has 2 aromatic carbocycles. The van der Waals surface area contributed by atoms with E-state index in [1.54, 1.807) is 6.07 Å². The summed E-state index contributed by atoms with van der Waals surface area (Å²) in [7, 11) is 1.45. The molecule has 5 heteroatoms. The Balaban J connectivity index is 2.14. The van der Waals surface area contributed by atoms with Crippen LogP contribution in [-0.4, -0.2) is 23.8 Å². The van der Waals surface area contributed by atoms with Crippen LogP contribution in [0.5, 0.6) is 11.5 Å². The maximum atomic E-state index is 12.1. The van der Waals surface area contributed by atoms with Crippen LogP contribution in [0.15, 0.2) is 42.5 Å². The Hall–Kier alpha value is -3.13. The van der Waals surface area contributed by atoms with Crippen molar-refractivity contribution in [1.29, 1.82) is 5.26 Å². The van der Waals surface area contributed by atoms with Crippen molar-refractivity contribution in [1.82, 2.24) is 0 Å². The summed E-state index contributed by atoms with van der Waals surface area (Å²) in [4.78, 5) is 24.2. The summed E-state index contributed by atoms with van der Waals surface area (Å²) in [5.74, 6) is -0.649. The van der Waals surface area contributed by atoms with Crippen LogP contribution in [-0.2, 0) is 0 Å². The summed E-state index contributed by atoms with van der Waals surface area (Å²) >= 11 is 0. The van der Waals surface area contributed by atoms with Crippen molar-refractivity contribution in [2.75, 3.05) is 7.11 Å². The van der Waals surface area contributed by atoms with E-state index < -0.39 is 5.78 Å². The number of nitriles is 1. The van der Waals surface area contributed by atoms with Gasteiger partial charge in [-0.2, -0.15) is 5.26 Å². The molecule has 2 aromatic rings. The third-order valence-corrected chi connectivity index (χ3v) is 3.16. The lowest BCUT2D eigenvalue weighted by Gasteiger charge is -2.06. The first-order valence-electron chi connectivity index (χ1n) is 6.48. The van der Waals surface area contributed by atoms with Gasteiger partial charge in [-0.05, 0) is 24.3 Å². The quantitative estimate of drug-likeness (QED) is 0.677. The van der Waals surface area contributed by atoms with E-state index in [2.05, 4.69) is 0 Å². The minimum absolute atomic E-state index is 0.0720. The molecule has 0 aromatic heterocycles. The molecule has 110 valence electrons. The summed E-state index contributed by atoms with van der Waals surface area (Å²) in [6.45, 7) is 0. The summed E-state index contributed by atoms with van der Waals surface area (Å²) < 4.78 is 4.94. The first-order valence-corrected chi connectivity index (χ1v) is 6.48. The highest BCUT2D eigenvalue weighted by atomic mass is 16.5. The zero-order chi connectivity index (χ0) is 16.1. The molecular formula is C17H13NO4. The molecule has 0 unspecified atom stereocenters. The number of hydrogen-bond donors (Lipinski definition) is 1. The summed E-state index contributed by atoms with van der Waals surface area (Å²) in [5.41, 5.74) is 0.860. The zero-order valence-electron chi connectivity index (χ0n) is 11.9. The second-order valence-electron chi connectivity index (χ2n) is 4.60. The summed E-state index contributed by atoms with van der Waals surface area (Å²) in [5, 5.41) is 18.5. The number of hydrogen-bond acceptors (Lipinski definition) is 5. The molecule has 0 spiro atoms. The van der Waals surface area contributed by atoms with E-state index in [0.717, 1.165) is 0 Å². The Kier molecular flexibility index (Phi) is 4.54. The van der Waals surface area contributed by atoms with Gasteiger partial charge in [-0.1, -0.05) is 12.1 Å². The van der Waals surface area contributed by atoms with Crippen molar-refractivity contribution < 1.29 is 19.4 Å². The standard InChI is InChI=1S/C17H13NO4/c1-22-13-6-7-14(16(20)8-13)17(21)9-15(19)12-4-2-11(10-18)3-5-12/h2-8,20H,9H2,1H3. The molecule has 0 aliphatic carbocycles. The molecule has 0 heterocycles. The Labute approximate surface area is 127 Å². The Morgan fingerprint density at radius 1 is 1.14 bits per heavy atom. The second kappa shape index (κ2) is 6.55. The monoisotopic (exact) mass is 295 g/mol. The van der Waals surface area contributed by atoms with Gasteiger partial charge >= 0.3 is 0 Å². The van der Waals surface area contributed by atoms with Gasteiger partial charge in [-0.15, -0.1) is 0 Å². The smallest absolute Gasteiger partial charge is 0.174 e. The van der Waals surface area contributed by atoms with Gasteiger partial charge in [0.1, 0.15) is 11.5 Å². The van der Waals surface area contributed by atoms with E-state index >= 15 is 0 Å². The predicted octanol–water partition coefficient (Wildman–Crippen LogP) is 2.73. The number of aromatic hydroxyl groups is 1. The third kappa shape index (κ3) is 3.30. The maximum Gasteiger partial charge on any atom is 0.174 e. The van der Waals surface area contributed by atoms with Crippen molar-refractivity contribution in [3.05, 3.63) is 59.2 Å². The van der Waals surface area contributed by atoms with Crippen LogP contribution in [0.1, 0.15) is 32.7 Å². The predicted molar refractivity (Wildman–Crippen MR) is 79.1 cm³/mol. The van der Waals surface area contributed by atoms with Crippen molar-refractivity contribution in [3.8, 4) is 17.6 Å². The molecule has 0 saturated carbocycles. The minimum Gasteiger partial charge on any atom is -0.507 e. The first-order chi connectivity index (χ1) is 10.5. The van der Waals surface area contributed by atoms with E-state index in [1.807, 2.05) is 6.07 Å². The average molecular weight is 295 g/mol. The number of ketones is 2. The number of nitrogens with zero attached hydrogens (tertiary/aromatic N) is 1. The van der Waals surface area contributed by atoms with E-state index in [9.17, 15) is 14.7 Å². The highest BCUT2D eigenvalue weighted by molar-refractivity contribution is 6.14. The van der Waals surface area contributed by atoms with Crippen LogP contribution in [0.3, 0.4) is 0 Å². The molecule has 0 atom stereocenters. The number of Topliss-reactive ketones (excluding diaryl/α,β-unsaturated/α-hetero) is 2. The lowest BCUT2D eigenvalue weighted by atomic mass is 10.00. The first kappa shape index (κ1) is 15.3. The highest BCUT2D eigenvalue weighted by Gasteiger charge is 2.17. The summed E-state index contributed by atoms with van der Waals surface area (Å²) in [6.07, 6.45) is -0.355. The zero-order valence-corrected chi connectivity index (χ0v) is 11.9. The second-order valence-corrected chi connectivity index (χ2v) is 4.60. The molecule has 0 saturated heterocycles. The van der Waals surface area contributed by atoms with E-state index in [4.69, 9.17) is 10.00 Å².